The van der Waals surface area contributed by atoms with Crippen molar-refractivity contribution in [3.8, 4) is 11.1 Å². The highest BCUT2D eigenvalue weighted by Crippen LogP contribution is 2.26. The summed E-state index contributed by atoms with van der Waals surface area (Å²) in [5.41, 5.74) is 0.789. The summed E-state index contributed by atoms with van der Waals surface area (Å²) >= 11 is 5.69. The van der Waals surface area contributed by atoms with Gasteiger partial charge in [0.25, 0.3) is 0 Å². The lowest BCUT2D eigenvalue weighted by atomic mass is 10.1. The molecule has 3 heteroatoms. The maximum Gasteiger partial charge on any atom is 0.131 e. The Bertz CT molecular complexity index is 474. The number of hydrogen-bond donors (Lipinski definition) is 0. The van der Waals surface area contributed by atoms with Gasteiger partial charge in [-0.05, 0) is 29.8 Å². The van der Waals surface area contributed by atoms with E-state index in [1.54, 1.807) is 18.2 Å². The molecule has 0 spiro atoms. The van der Waals surface area contributed by atoms with E-state index in [1.165, 1.54) is 24.3 Å². The highest BCUT2D eigenvalue weighted by Gasteiger charge is 2.06. The fraction of sp³-hybridized carbons (Fsp3) is 0. The second kappa shape index (κ2) is 3.99. The van der Waals surface area contributed by atoms with E-state index in [-0.39, 0.29) is 10.8 Å². The number of hydrogen-bond acceptors (Lipinski definition) is 0. The molecule has 0 aliphatic rings. The second-order valence-corrected chi connectivity index (χ2v) is 3.57. The molecule has 0 fully saturated rings. The van der Waals surface area contributed by atoms with Crippen LogP contribution in [0.3, 0.4) is 0 Å². The van der Waals surface area contributed by atoms with Crippen LogP contribution in [0.15, 0.2) is 42.5 Å². The molecule has 0 bridgehead atoms. The lowest BCUT2D eigenvalue weighted by Crippen LogP contribution is -1.85. The van der Waals surface area contributed by atoms with Gasteiger partial charge in [0.2, 0.25) is 0 Å². The topological polar surface area (TPSA) is 0 Å². The maximum absolute atomic E-state index is 13.4. The molecule has 0 unspecified atom stereocenters. The van der Waals surface area contributed by atoms with Gasteiger partial charge in [-0.1, -0.05) is 29.8 Å². The van der Waals surface area contributed by atoms with E-state index >= 15 is 0 Å². The molecule has 0 aliphatic carbocycles. The zero-order valence-corrected chi connectivity index (χ0v) is 8.43. The fourth-order valence-electron chi connectivity index (χ4n) is 1.40. The molecule has 0 N–H and O–H groups in total. The Labute approximate surface area is 91.1 Å². The summed E-state index contributed by atoms with van der Waals surface area (Å²) in [5.74, 6) is -0.861. The molecule has 0 atom stereocenters. The average Bonchev–Trinajstić information content (AvgIpc) is 2.16. The molecule has 0 aromatic heterocycles. The summed E-state index contributed by atoms with van der Waals surface area (Å²) in [4.78, 5) is 0. The van der Waals surface area contributed by atoms with E-state index < -0.39 is 5.82 Å². The molecule has 15 heavy (non-hydrogen) atoms. The molecule has 76 valence electrons. The van der Waals surface area contributed by atoms with E-state index in [9.17, 15) is 8.78 Å². The van der Waals surface area contributed by atoms with E-state index in [4.69, 9.17) is 11.6 Å². The SMILES string of the molecule is Fc1cc(Cl)cc(-c2ccccc2F)c1. The minimum atomic E-state index is -0.472. The van der Waals surface area contributed by atoms with Crippen LogP contribution < -0.4 is 0 Å². The standard InChI is InChI=1S/C12H7ClF2/c13-9-5-8(6-10(14)7-9)11-3-1-2-4-12(11)15/h1-7H. The van der Waals surface area contributed by atoms with Gasteiger partial charge in [0.1, 0.15) is 11.6 Å². The average molecular weight is 225 g/mol. The number of rotatable bonds is 1. The Morgan fingerprint density at radius 2 is 1.67 bits per heavy atom. The third kappa shape index (κ3) is 2.16. The molecule has 2 aromatic carbocycles. The van der Waals surface area contributed by atoms with Gasteiger partial charge in [-0.15, -0.1) is 0 Å². The predicted octanol–water partition coefficient (Wildman–Crippen LogP) is 4.29. The van der Waals surface area contributed by atoms with Crippen molar-refractivity contribution in [3.63, 3.8) is 0 Å². The summed E-state index contributed by atoms with van der Waals surface area (Å²) in [6, 6.07) is 10.2. The van der Waals surface area contributed by atoms with Gasteiger partial charge in [0.15, 0.2) is 0 Å². The second-order valence-electron chi connectivity index (χ2n) is 3.14. The highest BCUT2D eigenvalue weighted by atomic mass is 35.5. The zero-order valence-electron chi connectivity index (χ0n) is 7.68. The molecule has 0 amide bonds. The molecule has 0 nitrogen and oxygen atoms in total. The van der Waals surface area contributed by atoms with Crippen molar-refractivity contribution in [2.24, 2.45) is 0 Å². The van der Waals surface area contributed by atoms with Crippen LogP contribution in [0.25, 0.3) is 11.1 Å². The van der Waals surface area contributed by atoms with Crippen molar-refractivity contribution in [2.45, 2.75) is 0 Å². The number of benzene rings is 2. The number of halogens is 3. The van der Waals surface area contributed by atoms with Gasteiger partial charge in [0.05, 0.1) is 0 Å². The molecule has 0 saturated heterocycles. The van der Waals surface area contributed by atoms with Crippen molar-refractivity contribution in [1.82, 2.24) is 0 Å². The normalized spacial score (nSPS) is 10.3. The molecular formula is C12H7ClF2. The Morgan fingerprint density at radius 1 is 0.933 bits per heavy atom. The quantitative estimate of drug-likeness (QED) is 0.678. The van der Waals surface area contributed by atoms with Crippen LogP contribution >= 0.6 is 11.6 Å². The minimum Gasteiger partial charge on any atom is -0.207 e. The first-order chi connectivity index (χ1) is 7.16. The largest absolute Gasteiger partial charge is 0.207 e. The van der Waals surface area contributed by atoms with Crippen LogP contribution in [-0.4, -0.2) is 0 Å². The first-order valence-electron chi connectivity index (χ1n) is 4.38. The maximum atomic E-state index is 13.4. The molecule has 0 aliphatic heterocycles. The first kappa shape index (κ1) is 10.1. The third-order valence-electron chi connectivity index (χ3n) is 2.05. The molecule has 0 heterocycles. The molecule has 2 rings (SSSR count). The van der Waals surface area contributed by atoms with E-state index in [0.29, 0.717) is 11.1 Å². The summed E-state index contributed by atoms with van der Waals surface area (Å²) in [6.45, 7) is 0. The van der Waals surface area contributed by atoms with Gasteiger partial charge >= 0.3 is 0 Å². The molecule has 0 saturated carbocycles. The molecule has 0 radical (unpaired) electrons. The van der Waals surface area contributed by atoms with Crippen molar-refractivity contribution in [3.05, 3.63) is 59.1 Å². The summed E-state index contributed by atoms with van der Waals surface area (Å²) in [7, 11) is 0. The highest BCUT2D eigenvalue weighted by molar-refractivity contribution is 6.30. The van der Waals surface area contributed by atoms with Crippen LogP contribution in [0.2, 0.25) is 5.02 Å². The van der Waals surface area contributed by atoms with Gasteiger partial charge in [-0.2, -0.15) is 0 Å². The Kier molecular flexibility index (Phi) is 2.69. The van der Waals surface area contributed by atoms with E-state index in [0.717, 1.165) is 0 Å². The van der Waals surface area contributed by atoms with Crippen molar-refractivity contribution in [1.29, 1.82) is 0 Å². The van der Waals surface area contributed by atoms with Crippen LogP contribution in [0.1, 0.15) is 0 Å². The van der Waals surface area contributed by atoms with Gasteiger partial charge < -0.3 is 0 Å². The smallest absolute Gasteiger partial charge is 0.131 e. The monoisotopic (exact) mass is 224 g/mol. The lowest BCUT2D eigenvalue weighted by molar-refractivity contribution is 0.625. The zero-order chi connectivity index (χ0) is 10.8. The summed E-state index contributed by atoms with van der Waals surface area (Å²) in [5, 5.41) is 0.258. The molecule has 2 aromatic rings. The summed E-state index contributed by atoms with van der Waals surface area (Å²) in [6.07, 6.45) is 0. The van der Waals surface area contributed by atoms with Crippen LogP contribution in [0.4, 0.5) is 8.78 Å². The Hall–Kier alpha value is -1.41. The fourth-order valence-corrected chi connectivity index (χ4v) is 1.63. The van der Waals surface area contributed by atoms with E-state index in [2.05, 4.69) is 0 Å². The van der Waals surface area contributed by atoms with Crippen molar-refractivity contribution < 1.29 is 8.78 Å². The van der Waals surface area contributed by atoms with E-state index in [1.807, 2.05) is 0 Å². The first-order valence-corrected chi connectivity index (χ1v) is 4.75. The van der Waals surface area contributed by atoms with Crippen LogP contribution in [0, 0.1) is 11.6 Å². The minimum absolute atomic E-state index is 0.258. The Balaban J connectivity index is 2.59. The summed E-state index contributed by atoms with van der Waals surface area (Å²) < 4.78 is 26.4. The molecular weight excluding hydrogens is 218 g/mol. The van der Waals surface area contributed by atoms with Crippen LogP contribution in [-0.2, 0) is 0 Å². The van der Waals surface area contributed by atoms with Crippen molar-refractivity contribution in [2.75, 3.05) is 0 Å². The third-order valence-corrected chi connectivity index (χ3v) is 2.27. The predicted molar refractivity (Wildman–Crippen MR) is 56.8 cm³/mol. The van der Waals surface area contributed by atoms with Crippen LogP contribution in [0.5, 0.6) is 0 Å². The lowest BCUT2D eigenvalue weighted by Gasteiger charge is -2.03. The van der Waals surface area contributed by atoms with Gasteiger partial charge in [-0.25, -0.2) is 8.78 Å². The Morgan fingerprint density at radius 3 is 2.33 bits per heavy atom. The van der Waals surface area contributed by atoms with Gasteiger partial charge in [0, 0.05) is 10.6 Å². The van der Waals surface area contributed by atoms with Crippen molar-refractivity contribution >= 4 is 11.6 Å². The van der Waals surface area contributed by atoms with Gasteiger partial charge in [-0.3, -0.25) is 0 Å².